The number of ketones is 1. The van der Waals surface area contributed by atoms with Crippen molar-refractivity contribution in [3.05, 3.63) is 106 Å². The zero-order chi connectivity index (χ0) is 30.9. The van der Waals surface area contributed by atoms with E-state index in [1.165, 1.54) is 33.5 Å². The van der Waals surface area contributed by atoms with Crippen molar-refractivity contribution in [3.8, 4) is 17.2 Å². The second-order valence-corrected chi connectivity index (χ2v) is 10.4. The molecule has 43 heavy (non-hydrogen) atoms. The predicted octanol–water partition coefficient (Wildman–Crippen LogP) is 6.73. The van der Waals surface area contributed by atoms with Crippen molar-refractivity contribution in [1.29, 1.82) is 0 Å². The number of Topliss-reactive ketones (excluding diaryl/α,β-unsaturated/α-hetero) is 1. The Hall–Kier alpha value is -4.73. The van der Waals surface area contributed by atoms with Gasteiger partial charge in [0.25, 0.3) is 5.91 Å². The molecule has 3 aromatic carbocycles. The van der Waals surface area contributed by atoms with E-state index >= 15 is 0 Å². The number of hydrogen-bond acceptors (Lipinski definition) is 6. The molecule has 0 spiro atoms. The number of carbonyl (C=O) groups excluding carboxylic acids is 2. The van der Waals surface area contributed by atoms with Gasteiger partial charge in [0.2, 0.25) is 0 Å². The highest BCUT2D eigenvalue weighted by atomic mass is 19.4. The molecular weight excluding hydrogens is 561 g/mol. The quantitative estimate of drug-likeness (QED) is 0.317. The Bertz CT molecular complexity index is 1640. The second-order valence-electron chi connectivity index (χ2n) is 10.4. The van der Waals surface area contributed by atoms with Crippen molar-refractivity contribution in [2.75, 3.05) is 26.6 Å². The van der Waals surface area contributed by atoms with Crippen LogP contribution in [0.3, 0.4) is 0 Å². The third-order valence-corrected chi connectivity index (χ3v) is 7.85. The average Bonchev–Trinajstić information content (AvgIpc) is 2.99. The highest BCUT2D eigenvalue weighted by Gasteiger charge is 2.42. The van der Waals surface area contributed by atoms with Crippen LogP contribution in [-0.4, -0.2) is 33.0 Å². The Morgan fingerprint density at radius 3 is 2.28 bits per heavy atom. The van der Waals surface area contributed by atoms with E-state index in [4.69, 9.17) is 14.2 Å². The molecule has 1 heterocycles. The van der Waals surface area contributed by atoms with Gasteiger partial charge in [-0.15, -0.1) is 0 Å². The Morgan fingerprint density at radius 2 is 1.58 bits per heavy atom. The number of amides is 1. The highest BCUT2D eigenvalue weighted by Crippen LogP contribution is 2.47. The molecule has 0 aromatic heterocycles. The third-order valence-electron chi connectivity index (χ3n) is 7.85. The molecule has 2 aliphatic rings. The summed E-state index contributed by atoms with van der Waals surface area (Å²) in [5.41, 5.74) is 2.04. The Kier molecular flexibility index (Phi) is 8.21. The molecule has 0 saturated heterocycles. The minimum atomic E-state index is -4.60. The topological polar surface area (TPSA) is 85.9 Å². The summed E-state index contributed by atoms with van der Waals surface area (Å²) in [4.78, 5) is 27.8. The zero-order valence-electron chi connectivity index (χ0n) is 24.1. The van der Waals surface area contributed by atoms with Crippen LogP contribution >= 0.6 is 0 Å². The van der Waals surface area contributed by atoms with E-state index in [-0.39, 0.29) is 34.8 Å². The summed E-state index contributed by atoms with van der Waals surface area (Å²) in [7, 11) is 4.54. The number of nitrogens with one attached hydrogen (secondary N) is 2. The van der Waals surface area contributed by atoms with Crippen LogP contribution in [0.5, 0.6) is 17.2 Å². The fourth-order valence-electron chi connectivity index (χ4n) is 5.85. The number of benzene rings is 3. The summed E-state index contributed by atoms with van der Waals surface area (Å²) < 4.78 is 57.5. The van der Waals surface area contributed by atoms with Gasteiger partial charge in [-0.05, 0) is 60.7 Å². The van der Waals surface area contributed by atoms with Crippen LogP contribution in [0.15, 0.2) is 89.3 Å². The van der Waals surface area contributed by atoms with Crippen LogP contribution < -0.4 is 24.8 Å². The first-order valence-electron chi connectivity index (χ1n) is 13.6. The number of para-hydroxylation sites is 2. The Balaban J connectivity index is 1.59. The van der Waals surface area contributed by atoms with Gasteiger partial charge in [0.15, 0.2) is 17.3 Å². The standard InChI is InChI=1S/C33H31F3N2O5/c1-18-29(32(40)38-23-10-5-6-11-26(23)41-2)30(20-8-7-9-22(14-20)33(34,35)36)31-24(37-18)15-21(16-25(31)39)19-12-13-27(42-3)28(17-19)43-4/h5-14,17,21,30,37H,15-16H2,1-4H3,(H,38,40)/t21-,30+/m1/s1. The lowest BCUT2D eigenvalue weighted by atomic mass is 9.71. The molecule has 3 aromatic rings. The number of ether oxygens (including phenoxy) is 3. The summed E-state index contributed by atoms with van der Waals surface area (Å²) in [6.45, 7) is 1.69. The lowest BCUT2D eigenvalue weighted by Gasteiger charge is -2.37. The minimum Gasteiger partial charge on any atom is -0.495 e. The molecule has 2 atom stereocenters. The smallest absolute Gasteiger partial charge is 0.416 e. The number of methoxy groups -OCH3 is 3. The molecule has 0 bridgehead atoms. The molecule has 10 heteroatoms. The molecule has 1 aliphatic heterocycles. The number of allylic oxidation sites excluding steroid dienone is 3. The van der Waals surface area contributed by atoms with Crippen LogP contribution in [0.25, 0.3) is 0 Å². The Labute approximate surface area is 247 Å². The van der Waals surface area contributed by atoms with Crippen molar-refractivity contribution in [2.24, 2.45) is 0 Å². The molecule has 1 aliphatic carbocycles. The average molecular weight is 593 g/mol. The van der Waals surface area contributed by atoms with E-state index in [2.05, 4.69) is 10.6 Å². The van der Waals surface area contributed by atoms with Crippen LogP contribution in [0.1, 0.15) is 48.3 Å². The summed E-state index contributed by atoms with van der Waals surface area (Å²) >= 11 is 0. The number of alkyl halides is 3. The summed E-state index contributed by atoms with van der Waals surface area (Å²) in [6, 6.07) is 17.1. The minimum absolute atomic E-state index is 0.103. The van der Waals surface area contributed by atoms with Gasteiger partial charge >= 0.3 is 6.18 Å². The summed E-state index contributed by atoms with van der Waals surface area (Å²) in [6.07, 6.45) is -4.09. The van der Waals surface area contributed by atoms with Crippen molar-refractivity contribution in [3.63, 3.8) is 0 Å². The first-order chi connectivity index (χ1) is 20.5. The lowest BCUT2D eigenvalue weighted by molar-refractivity contribution is -0.137. The zero-order valence-corrected chi connectivity index (χ0v) is 24.1. The number of anilines is 1. The van der Waals surface area contributed by atoms with Gasteiger partial charge in [-0.25, -0.2) is 0 Å². The normalized spacial score (nSPS) is 18.5. The summed E-state index contributed by atoms with van der Waals surface area (Å²) in [5.74, 6) is -0.566. The molecule has 0 unspecified atom stereocenters. The van der Waals surface area contributed by atoms with Crippen molar-refractivity contribution >= 4 is 17.4 Å². The van der Waals surface area contributed by atoms with Crippen LogP contribution in [-0.2, 0) is 15.8 Å². The maximum atomic E-state index is 13.9. The first-order valence-corrected chi connectivity index (χ1v) is 13.6. The summed E-state index contributed by atoms with van der Waals surface area (Å²) in [5, 5.41) is 6.09. The van der Waals surface area contributed by atoms with Gasteiger partial charge in [0.1, 0.15) is 5.75 Å². The SMILES string of the molecule is COc1ccccc1NC(=O)C1=C(C)NC2=C(C(=O)C[C@H](c3ccc(OC)c(OC)c3)C2)[C@H]1c1cccc(C(F)(F)F)c1. The maximum Gasteiger partial charge on any atom is 0.416 e. The van der Waals surface area contributed by atoms with E-state index in [1.54, 1.807) is 37.3 Å². The van der Waals surface area contributed by atoms with Crippen LogP contribution in [0.2, 0.25) is 0 Å². The van der Waals surface area contributed by atoms with Crippen molar-refractivity contribution in [2.45, 2.75) is 37.8 Å². The lowest BCUT2D eigenvalue weighted by Crippen LogP contribution is -2.37. The molecule has 0 fully saturated rings. The fourth-order valence-corrected chi connectivity index (χ4v) is 5.85. The molecular formula is C33H31F3N2O5. The molecule has 1 amide bonds. The number of carbonyl (C=O) groups is 2. The van der Waals surface area contributed by atoms with E-state index in [9.17, 15) is 22.8 Å². The van der Waals surface area contributed by atoms with Gasteiger partial charge in [-0.3, -0.25) is 9.59 Å². The van der Waals surface area contributed by atoms with E-state index < -0.39 is 23.6 Å². The first kappa shape index (κ1) is 29.8. The van der Waals surface area contributed by atoms with Crippen LogP contribution in [0, 0.1) is 0 Å². The molecule has 0 saturated carbocycles. The monoisotopic (exact) mass is 592 g/mol. The highest BCUT2D eigenvalue weighted by molar-refractivity contribution is 6.10. The van der Waals surface area contributed by atoms with Gasteiger partial charge in [0, 0.05) is 34.9 Å². The number of hydrogen-bond donors (Lipinski definition) is 2. The Morgan fingerprint density at radius 1 is 0.860 bits per heavy atom. The van der Waals surface area contributed by atoms with E-state index in [0.717, 1.165) is 17.7 Å². The van der Waals surface area contributed by atoms with Crippen LogP contribution in [0.4, 0.5) is 18.9 Å². The van der Waals surface area contributed by atoms with Crippen molar-refractivity contribution in [1.82, 2.24) is 5.32 Å². The number of rotatable bonds is 7. The van der Waals surface area contributed by atoms with Crippen molar-refractivity contribution < 1.29 is 37.0 Å². The van der Waals surface area contributed by atoms with Gasteiger partial charge in [-0.1, -0.05) is 36.4 Å². The van der Waals surface area contributed by atoms with E-state index in [1.807, 2.05) is 12.1 Å². The van der Waals surface area contributed by atoms with Gasteiger partial charge in [0.05, 0.1) is 32.6 Å². The fraction of sp³-hybridized carbons (Fsp3) is 0.273. The maximum absolute atomic E-state index is 13.9. The largest absolute Gasteiger partial charge is 0.495 e. The molecule has 0 radical (unpaired) electrons. The number of dihydropyridines is 1. The number of halogens is 3. The second kappa shape index (κ2) is 11.9. The third kappa shape index (κ3) is 5.82. The van der Waals surface area contributed by atoms with Gasteiger partial charge in [-0.2, -0.15) is 13.2 Å². The molecule has 224 valence electrons. The van der Waals surface area contributed by atoms with Gasteiger partial charge < -0.3 is 24.8 Å². The molecule has 2 N–H and O–H groups in total. The molecule has 5 rings (SSSR count). The van der Waals surface area contributed by atoms with E-state index in [0.29, 0.717) is 40.8 Å². The predicted molar refractivity (Wildman–Crippen MR) is 155 cm³/mol. The molecule has 7 nitrogen and oxygen atoms in total.